The number of halogens is 1. The number of aromatic nitrogens is 3. The third-order valence-electron chi connectivity index (χ3n) is 5.26. The summed E-state index contributed by atoms with van der Waals surface area (Å²) >= 11 is 6.15. The molecule has 1 saturated heterocycles. The van der Waals surface area contributed by atoms with E-state index in [1.54, 1.807) is 25.3 Å². The highest BCUT2D eigenvalue weighted by Crippen LogP contribution is 2.20. The van der Waals surface area contributed by atoms with Crippen LogP contribution >= 0.6 is 11.6 Å². The molecule has 0 bridgehead atoms. The van der Waals surface area contributed by atoms with Crippen molar-refractivity contribution in [1.82, 2.24) is 29.9 Å². The summed E-state index contributed by atoms with van der Waals surface area (Å²) in [7, 11) is 3.49. The smallest absolute Gasteiger partial charge is 0.243 e. The highest BCUT2D eigenvalue weighted by Gasteiger charge is 2.20. The van der Waals surface area contributed by atoms with Crippen LogP contribution in [-0.2, 0) is 17.8 Å². The Morgan fingerprint density at radius 3 is 2.71 bits per heavy atom. The van der Waals surface area contributed by atoms with Crippen molar-refractivity contribution in [2.75, 3.05) is 58.3 Å². The number of nitrogens with one attached hydrogen (secondary N) is 1. The second-order valence-corrected chi connectivity index (χ2v) is 8.04. The molecule has 1 N–H and O–H groups in total. The number of guanidine groups is 1. The number of anilines is 1. The van der Waals surface area contributed by atoms with Crippen LogP contribution in [0.4, 0.5) is 5.69 Å². The Kier molecular flexibility index (Phi) is 8.11. The van der Waals surface area contributed by atoms with Crippen LogP contribution in [-0.4, -0.2) is 89.8 Å². The van der Waals surface area contributed by atoms with Crippen LogP contribution in [0.25, 0.3) is 0 Å². The van der Waals surface area contributed by atoms with Gasteiger partial charge in [-0.2, -0.15) is 0 Å². The quantitative estimate of drug-likeness (QED) is 0.510. The number of carbonyl (C=O) groups is 1. The highest BCUT2D eigenvalue weighted by molar-refractivity contribution is 6.30. The molecule has 31 heavy (non-hydrogen) atoms. The largest absolute Gasteiger partial charge is 0.368 e. The lowest BCUT2D eigenvalue weighted by atomic mass is 10.2. The van der Waals surface area contributed by atoms with E-state index in [0.29, 0.717) is 6.54 Å². The second-order valence-electron chi connectivity index (χ2n) is 7.60. The van der Waals surface area contributed by atoms with Crippen molar-refractivity contribution < 1.29 is 4.79 Å². The van der Waals surface area contributed by atoms with Gasteiger partial charge in [0.15, 0.2) is 5.96 Å². The zero-order valence-electron chi connectivity index (χ0n) is 18.5. The first-order valence-corrected chi connectivity index (χ1v) is 11.0. The molecule has 2 heterocycles. The van der Waals surface area contributed by atoms with Crippen molar-refractivity contribution in [1.29, 1.82) is 0 Å². The number of aryl methyl sites for hydroxylation is 1. The number of hydrogen-bond donors (Lipinski definition) is 1. The summed E-state index contributed by atoms with van der Waals surface area (Å²) in [6, 6.07) is 7.93. The molecule has 0 spiro atoms. The van der Waals surface area contributed by atoms with Crippen molar-refractivity contribution in [3.8, 4) is 0 Å². The maximum Gasteiger partial charge on any atom is 0.243 e. The molecule has 0 radical (unpaired) electrons. The number of hydrogen-bond acceptors (Lipinski definition) is 5. The number of aliphatic imine (C=N–C) groups is 1. The summed E-state index contributed by atoms with van der Waals surface area (Å²) in [6.07, 6.45) is 2.58. The molecule has 1 fully saturated rings. The normalized spacial score (nSPS) is 14.6. The van der Waals surface area contributed by atoms with Crippen LogP contribution in [0, 0.1) is 0 Å². The van der Waals surface area contributed by atoms with E-state index in [1.165, 1.54) is 0 Å². The van der Waals surface area contributed by atoms with E-state index in [1.807, 2.05) is 22.8 Å². The zero-order valence-corrected chi connectivity index (χ0v) is 19.2. The van der Waals surface area contributed by atoms with Gasteiger partial charge in [-0.1, -0.05) is 24.6 Å². The van der Waals surface area contributed by atoms with Gasteiger partial charge in [-0.15, -0.1) is 10.2 Å². The predicted molar refractivity (Wildman–Crippen MR) is 124 cm³/mol. The monoisotopic (exact) mass is 446 g/mol. The topological polar surface area (TPSA) is 81.9 Å². The summed E-state index contributed by atoms with van der Waals surface area (Å²) in [5.41, 5.74) is 1.13. The summed E-state index contributed by atoms with van der Waals surface area (Å²) in [6.45, 7) is 6.92. The Balaban J connectivity index is 1.62. The van der Waals surface area contributed by atoms with Crippen LogP contribution in [0.3, 0.4) is 0 Å². The summed E-state index contributed by atoms with van der Waals surface area (Å²) in [5, 5.41) is 12.3. The van der Waals surface area contributed by atoms with E-state index in [0.717, 1.165) is 61.6 Å². The van der Waals surface area contributed by atoms with Gasteiger partial charge in [-0.05, 0) is 18.2 Å². The van der Waals surface area contributed by atoms with Gasteiger partial charge in [0, 0.05) is 70.5 Å². The van der Waals surface area contributed by atoms with Crippen LogP contribution in [0.1, 0.15) is 12.7 Å². The van der Waals surface area contributed by atoms with Gasteiger partial charge in [0.05, 0.1) is 0 Å². The van der Waals surface area contributed by atoms with Crippen molar-refractivity contribution >= 4 is 29.2 Å². The molecule has 1 amide bonds. The third-order valence-corrected chi connectivity index (χ3v) is 5.50. The van der Waals surface area contributed by atoms with Crippen molar-refractivity contribution in [3.05, 3.63) is 41.4 Å². The lowest BCUT2D eigenvalue weighted by molar-refractivity contribution is -0.127. The Hall–Kier alpha value is -2.81. The minimum Gasteiger partial charge on any atom is -0.368 e. The molecule has 1 aromatic carbocycles. The van der Waals surface area contributed by atoms with Crippen LogP contribution in [0.15, 0.2) is 35.6 Å². The maximum absolute atomic E-state index is 12.1. The minimum absolute atomic E-state index is 0.0241. The van der Waals surface area contributed by atoms with Gasteiger partial charge in [-0.3, -0.25) is 4.79 Å². The van der Waals surface area contributed by atoms with Crippen molar-refractivity contribution in [2.24, 2.45) is 4.99 Å². The first-order valence-electron chi connectivity index (χ1n) is 10.6. The Morgan fingerprint density at radius 1 is 1.26 bits per heavy atom. The number of piperazine rings is 1. The zero-order chi connectivity index (χ0) is 22.2. The molecule has 9 nitrogen and oxygen atoms in total. The molecule has 168 valence electrons. The van der Waals surface area contributed by atoms with Gasteiger partial charge in [0.2, 0.25) is 5.91 Å². The van der Waals surface area contributed by atoms with E-state index < -0.39 is 0 Å². The molecule has 0 unspecified atom stereocenters. The van der Waals surface area contributed by atoms with E-state index in [-0.39, 0.29) is 12.5 Å². The number of nitrogens with zero attached hydrogens (tertiary/aromatic N) is 7. The van der Waals surface area contributed by atoms with E-state index >= 15 is 0 Å². The highest BCUT2D eigenvalue weighted by atomic mass is 35.5. The average molecular weight is 447 g/mol. The number of amides is 1. The van der Waals surface area contributed by atoms with Gasteiger partial charge in [0.1, 0.15) is 18.7 Å². The van der Waals surface area contributed by atoms with E-state index in [9.17, 15) is 4.79 Å². The molecule has 1 aliphatic rings. The molecule has 0 saturated carbocycles. The Labute approximate surface area is 188 Å². The number of benzene rings is 1. The molecule has 1 aliphatic heterocycles. The SMILES string of the molecule is CCc1nncn1CCNC(=NCC(=O)N(C)C)N1CCN(c2cccc(Cl)c2)CC1. The summed E-state index contributed by atoms with van der Waals surface area (Å²) < 4.78 is 2.03. The Bertz CT molecular complexity index is 889. The third kappa shape index (κ3) is 6.33. The van der Waals surface area contributed by atoms with Crippen LogP contribution in [0.2, 0.25) is 5.02 Å². The fourth-order valence-corrected chi connectivity index (χ4v) is 3.61. The average Bonchev–Trinajstić information content (AvgIpc) is 3.23. The molecular formula is C21H31ClN8O. The lowest BCUT2D eigenvalue weighted by Gasteiger charge is -2.38. The van der Waals surface area contributed by atoms with E-state index in [2.05, 4.69) is 43.3 Å². The van der Waals surface area contributed by atoms with Gasteiger partial charge in [0.25, 0.3) is 0 Å². The molecular weight excluding hydrogens is 416 g/mol. The van der Waals surface area contributed by atoms with Gasteiger partial charge in [-0.25, -0.2) is 4.99 Å². The predicted octanol–water partition coefficient (Wildman–Crippen LogP) is 1.35. The first kappa shape index (κ1) is 22.9. The molecule has 0 atom stereocenters. The van der Waals surface area contributed by atoms with Crippen LogP contribution in [0.5, 0.6) is 0 Å². The van der Waals surface area contributed by atoms with Crippen molar-refractivity contribution in [3.63, 3.8) is 0 Å². The van der Waals surface area contributed by atoms with Crippen LogP contribution < -0.4 is 10.2 Å². The van der Waals surface area contributed by atoms with Gasteiger partial charge >= 0.3 is 0 Å². The number of rotatable bonds is 7. The maximum atomic E-state index is 12.1. The molecule has 2 aromatic rings. The van der Waals surface area contributed by atoms with Gasteiger partial charge < -0.3 is 24.6 Å². The molecule has 3 rings (SSSR count). The van der Waals surface area contributed by atoms with E-state index in [4.69, 9.17) is 11.6 Å². The minimum atomic E-state index is -0.0241. The van der Waals surface area contributed by atoms with Crippen molar-refractivity contribution in [2.45, 2.75) is 19.9 Å². The fourth-order valence-electron chi connectivity index (χ4n) is 3.43. The Morgan fingerprint density at radius 2 is 2.03 bits per heavy atom. The molecule has 1 aromatic heterocycles. The molecule has 10 heteroatoms. The number of carbonyl (C=O) groups excluding carboxylic acids is 1. The first-order chi connectivity index (χ1) is 15.0. The number of likely N-dealkylation sites (N-methyl/N-ethyl adjacent to an activating group) is 1. The standard InChI is InChI=1S/C21H31ClN8O/c1-4-19-26-25-16-30(19)9-8-23-21(24-15-20(31)27(2)3)29-12-10-28(11-13-29)18-7-5-6-17(22)14-18/h5-7,14,16H,4,8-13,15H2,1-3H3,(H,23,24). The summed E-state index contributed by atoms with van der Waals surface area (Å²) in [5.74, 6) is 1.69. The fraction of sp³-hybridized carbons (Fsp3) is 0.524. The second kappa shape index (κ2) is 11.0. The lowest BCUT2D eigenvalue weighted by Crippen LogP contribution is -2.53. The molecule has 0 aliphatic carbocycles. The summed E-state index contributed by atoms with van der Waals surface area (Å²) in [4.78, 5) is 22.8.